The normalized spacial score (nSPS) is 11.9. The summed E-state index contributed by atoms with van der Waals surface area (Å²) >= 11 is 0. The van der Waals surface area contributed by atoms with Crippen LogP contribution < -0.4 is 10.1 Å². The first-order valence-electron chi connectivity index (χ1n) is 10.4. The van der Waals surface area contributed by atoms with Gasteiger partial charge in [0, 0.05) is 13.2 Å². The molecule has 28 heavy (non-hydrogen) atoms. The van der Waals surface area contributed by atoms with E-state index in [4.69, 9.17) is 18.9 Å². The molecule has 0 heterocycles. The molecule has 1 atom stereocenters. The Kier molecular flexibility index (Phi) is 15.2. The highest BCUT2D eigenvalue weighted by Gasteiger charge is 2.03. The van der Waals surface area contributed by atoms with E-state index < -0.39 is 0 Å². The van der Waals surface area contributed by atoms with Crippen LogP contribution in [0.15, 0.2) is 24.3 Å². The number of carbonyl (C=O) groups excluding carboxylic acids is 1. The van der Waals surface area contributed by atoms with Crippen molar-refractivity contribution in [2.24, 2.45) is 0 Å². The SMILES string of the molecule is CCCOCCOCCOCCCCCCOc1ccc(C(C)NC=O)cc1. The zero-order chi connectivity index (χ0) is 20.3. The highest BCUT2D eigenvalue weighted by atomic mass is 16.5. The average molecular weight is 396 g/mol. The van der Waals surface area contributed by atoms with E-state index in [1.807, 2.05) is 31.2 Å². The van der Waals surface area contributed by atoms with E-state index in [9.17, 15) is 4.79 Å². The molecule has 0 aliphatic rings. The van der Waals surface area contributed by atoms with Gasteiger partial charge < -0.3 is 24.3 Å². The molecule has 0 radical (unpaired) electrons. The van der Waals surface area contributed by atoms with Crippen LogP contribution in [0, 0.1) is 0 Å². The molecule has 0 spiro atoms. The monoisotopic (exact) mass is 395 g/mol. The lowest BCUT2D eigenvalue weighted by Gasteiger charge is -2.12. The Balaban J connectivity index is 1.88. The van der Waals surface area contributed by atoms with Crippen molar-refractivity contribution < 1.29 is 23.7 Å². The zero-order valence-electron chi connectivity index (χ0n) is 17.5. The van der Waals surface area contributed by atoms with Gasteiger partial charge in [-0.05, 0) is 50.3 Å². The molecule has 1 amide bonds. The van der Waals surface area contributed by atoms with Gasteiger partial charge in [-0.1, -0.05) is 25.5 Å². The summed E-state index contributed by atoms with van der Waals surface area (Å²) < 4.78 is 22.1. The molecule has 0 saturated carbocycles. The Morgan fingerprint density at radius 3 is 2.00 bits per heavy atom. The maximum Gasteiger partial charge on any atom is 0.207 e. The molecular formula is C22H37NO5. The van der Waals surface area contributed by atoms with Gasteiger partial charge in [0.2, 0.25) is 6.41 Å². The Labute approximate surface area is 169 Å². The Bertz CT molecular complexity index is 480. The summed E-state index contributed by atoms with van der Waals surface area (Å²) in [5.74, 6) is 0.866. The van der Waals surface area contributed by atoms with Gasteiger partial charge in [-0.3, -0.25) is 4.79 Å². The van der Waals surface area contributed by atoms with Gasteiger partial charge >= 0.3 is 0 Å². The van der Waals surface area contributed by atoms with E-state index in [0.29, 0.717) is 26.4 Å². The van der Waals surface area contributed by atoms with Crippen LogP contribution in [0.2, 0.25) is 0 Å². The molecule has 0 aliphatic heterocycles. The second kappa shape index (κ2) is 17.5. The fourth-order valence-electron chi connectivity index (χ4n) is 2.59. The third-order valence-electron chi connectivity index (χ3n) is 4.24. The lowest BCUT2D eigenvalue weighted by atomic mass is 10.1. The molecule has 6 heteroatoms. The van der Waals surface area contributed by atoms with Gasteiger partial charge in [-0.2, -0.15) is 0 Å². The first-order chi connectivity index (χ1) is 13.8. The molecule has 0 aromatic heterocycles. The summed E-state index contributed by atoms with van der Waals surface area (Å²) in [6, 6.07) is 7.88. The highest BCUT2D eigenvalue weighted by molar-refractivity contribution is 5.47. The molecule has 1 unspecified atom stereocenters. The second-order valence-electron chi connectivity index (χ2n) is 6.68. The average Bonchev–Trinajstić information content (AvgIpc) is 2.71. The summed E-state index contributed by atoms with van der Waals surface area (Å²) in [6.45, 7) is 8.93. The molecule has 0 bridgehead atoms. The Hall–Kier alpha value is -1.63. The largest absolute Gasteiger partial charge is 0.494 e. The number of rotatable bonds is 19. The van der Waals surface area contributed by atoms with Gasteiger partial charge in [0.15, 0.2) is 0 Å². The van der Waals surface area contributed by atoms with Crippen LogP contribution in [0.5, 0.6) is 5.75 Å². The van der Waals surface area contributed by atoms with Crippen LogP contribution >= 0.6 is 0 Å². The zero-order valence-corrected chi connectivity index (χ0v) is 17.5. The van der Waals surface area contributed by atoms with Crippen molar-refractivity contribution in [1.29, 1.82) is 0 Å². The van der Waals surface area contributed by atoms with Gasteiger partial charge in [-0.15, -0.1) is 0 Å². The predicted octanol–water partition coefficient (Wildman–Crippen LogP) is 3.89. The number of ether oxygens (including phenoxy) is 4. The van der Waals surface area contributed by atoms with E-state index in [2.05, 4.69) is 12.2 Å². The number of benzene rings is 1. The molecule has 6 nitrogen and oxygen atoms in total. The maximum absolute atomic E-state index is 10.5. The molecule has 0 aliphatic carbocycles. The molecule has 1 aromatic rings. The Morgan fingerprint density at radius 1 is 0.821 bits per heavy atom. The highest BCUT2D eigenvalue weighted by Crippen LogP contribution is 2.17. The first-order valence-corrected chi connectivity index (χ1v) is 10.4. The molecule has 160 valence electrons. The number of hydrogen-bond donors (Lipinski definition) is 1. The number of unbranched alkanes of at least 4 members (excludes halogenated alkanes) is 3. The van der Waals surface area contributed by atoms with Gasteiger partial charge in [-0.25, -0.2) is 0 Å². The minimum absolute atomic E-state index is 0.0140. The number of carbonyl (C=O) groups is 1. The summed E-state index contributed by atoms with van der Waals surface area (Å²) in [4.78, 5) is 10.5. The van der Waals surface area contributed by atoms with Crippen LogP contribution in [0.1, 0.15) is 57.6 Å². The minimum atomic E-state index is 0.0140. The van der Waals surface area contributed by atoms with Crippen molar-refractivity contribution >= 4 is 6.41 Å². The smallest absolute Gasteiger partial charge is 0.207 e. The predicted molar refractivity (Wildman–Crippen MR) is 111 cm³/mol. The minimum Gasteiger partial charge on any atom is -0.494 e. The fraction of sp³-hybridized carbons (Fsp3) is 0.682. The topological polar surface area (TPSA) is 66.0 Å². The third kappa shape index (κ3) is 12.7. The van der Waals surface area contributed by atoms with Crippen molar-refractivity contribution in [2.45, 2.75) is 52.0 Å². The van der Waals surface area contributed by atoms with E-state index >= 15 is 0 Å². The maximum atomic E-state index is 10.5. The lowest BCUT2D eigenvalue weighted by Crippen LogP contribution is -2.15. The number of amides is 1. The first kappa shape index (κ1) is 24.4. The van der Waals surface area contributed by atoms with Crippen molar-refractivity contribution in [3.05, 3.63) is 29.8 Å². The van der Waals surface area contributed by atoms with E-state index in [0.717, 1.165) is 69.6 Å². The van der Waals surface area contributed by atoms with E-state index in [1.54, 1.807) is 0 Å². The lowest BCUT2D eigenvalue weighted by molar-refractivity contribution is -0.110. The van der Waals surface area contributed by atoms with Gasteiger partial charge in [0.1, 0.15) is 5.75 Å². The second-order valence-corrected chi connectivity index (χ2v) is 6.68. The van der Waals surface area contributed by atoms with Crippen LogP contribution in [0.4, 0.5) is 0 Å². The summed E-state index contributed by atoms with van der Waals surface area (Å²) in [5, 5.41) is 2.74. The van der Waals surface area contributed by atoms with Crippen molar-refractivity contribution in [1.82, 2.24) is 5.32 Å². The molecular weight excluding hydrogens is 358 g/mol. The molecule has 1 aromatic carbocycles. The van der Waals surface area contributed by atoms with Crippen LogP contribution in [0.3, 0.4) is 0 Å². The van der Waals surface area contributed by atoms with Crippen molar-refractivity contribution in [3.8, 4) is 5.75 Å². The van der Waals surface area contributed by atoms with E-state index in [-0.39, 0.29) is 6.04 Å². The summed E-state index contributed by atoms with van der Waals surface area (Å²) in [7, 11) is 0. The van der Waals surface area contributed by atoms with Gasteiger partial charge in [0.05, 0.1) is 39.1 Å². The summed E-state index contributed by atoms with van der Waals surface area (Å²) in [6.07, 6.45) is 6.14. The molecule has 0 saturated heterocycles. The Morgan fingerprint density at radius 2 is 1.39 bits per heavy atom. The quantitative estimate of drug-likeness (QED) is 0.284. The van der Waals surface area contributed by atoms with Crippen LogP contribution in [0.25, 0.3) is 0 Å². The molecule has 0 fully saturated rings. The fourth-order valence-corrected chi connectivity index (χ4v) is 2.59. The number of hydrogen-bond acceptors (Lipinski definition) is 5. The standard InChI is InChI=1S/C22H37NO5/c1-3-12-25-15-17-27-18-16-26-13-6-4-5-7-14-28-22-10-8-21(9-11-22)20(2)23-19-24/h8-11,19-20H,3-7,12-18H2,1-2H3,(H,23,24). The molecule has 1 rings (SSSR count). The van der Waals surface area contributed by atoms with Crippen LogP contribution in [-0.4, -0.2) is 52.7 Å². The van der Waals surface area contributed by atoms with Crippen LogP contribution in [-0.2, 0) is 19.0 Å². The van der Waals surface area contributed by atoms with Crippen molar-refractivity contribution in [2.75, 3.05) is 46.2 Å². The van der Waals surface area contributed by atoms with E-state index in [1.165, 1.54) is 0 Å². The molecule has 1 N–H and O–H groups in total. The van der Waals surface area contributed by atoms with Crippen molar-refractivity contribution in [3.63, 3.8) is 0 Å². The summed E-state index contributed by atoms with van der Waals surface area (Å²) in [5.41, 5.74) is 1.06. The van der Waals surface area contributed by atoms with Gasteiger partial charge in [0.25, 0.3) is 0 Å². The number of nitrogens with one attached hydrogen (secondary N) is 1. The third-order valence-corrected chi connectivity index (χ3v) is 4.24.